The third-order valence-electron chi connectivity index (χ3n) is 2.35. The first-order chi connectivity index (χ1) is 6.75. The summed E-state index contributed by atoms with van der Waals surface area (Å²) in [6.45, 7) is 3.37. The SMILES string of the molecule is Cc1cnnc(N2CCCC(=O)C2)c1. The van der Waals surface area contributed by atoms with Gasteiger partial charge in [-0.1, -0.05) is 0 Å². The van der Waals surface area contributed by atoms with E-state index >= 15 is 0 Å². The smallest absolute Gasteiger partial charge is 0.152 e. The molecule has 0 N–H and O–H groups in total. The fourth-order valence-electron chi connectivity index (χ4n) is 1.64. The Balaban J connectivity index is 2.17. The molecule has 0 spiro atoms. The highest BCUT2D eigenvalue weighted by Crippen LogP contribution is 2.15. The number of anilines is 1. The number of rotatable bonds is 1. The number of carbonyl (C=O) groups excluding carboxylic acids is 1. The lowest BCUT2D eigenvalue weighted by Crippen LogP contribution is -2.36. The first-order valence-electron chi connectivity index (χ1n) is 4.82. The van der Waals surface area contributed by atoms with Crippen molar-refractivity contribution in [1.82, 2.24) is 10.2 Å². The van der Waals surface area contributed by atoms with E-state index in [0.29, 0.717) is 18.7 Å². The summed E-state index contributed by atoms with van der Waals surface area (Å²) in [5.41, 5.74) is 1.08. The number of hydrogen-bond donors (Lipinski definition) is 0. The van der Waals surface area contributed by atoms with Gasteiger partial charge < -0.3 is 4.90 Å². The Morgan fingerprint density at radius 1 is 1.50 bits per heavy atom. The van der Waals surface area contributed by atoms with Gasteiger partial charge in [-0.3, -0.25) is 4.79 Å². The predicted octanol–water partition coefficient (Wildman–Crippen LogP) is 0.954. The molecule has 0 unspecified atom stereocenters. The van der Waals surface area contributed by atoms with Crippen molar-refractivity contribution in [1.29, 1.82) is 0 Å². The van der Waals surface area contributed by atoms with Crippen molar-refractivity contribution in [3.05, 3.63) is 17.8 Å². The topological polar surface area (TPSA) is 46.1 Å². The second-order valence-electron chi connectivity index (χ2n) is 3.65. The molecule has 4 heteroatoms. The van der Waals surface area contributed by atoms with Crippen LogP contribution in [0.15, 0.2) is 12.3 Å². The number of carbonyl (C=O) groups is 1. The molecule has 0 radical (unpaired) electrons. The Morgan fingerprint density at radius 2 is 2.36 bits per heavy atom. The van der Waals surface area contributed by atoms with Crippen molar-refractivity contribution in [3.8, 4) is 0 Å². The van der Waals surface area contributed by atoms with Gasteiger partial charge in [-0.25, -0.2) is 0 Å². The summed E-state index contributed by atoms with van der Waals surface area (Å²) in [4.78, 5) is 13.2. The van der Waals surface area contributed by atoms with Crippen LogP contribution in [0, 0.1) is 6.92 Å². The van der Waals surface area contributed by atoms with Gasteiger partial charge in [0.25, 0.3) is 0 Å². The lowest BCUT2D eigenvalue weighted by atomic mass is 10.1. The van der Waals surface area contributed by atoms with E-state index in [4.69, 9.17) is 0 Å². The van der Waals surface area contributed by atoms with E-state index < -0.39 is 0 Å². The van der Waals surface area contributed by atoms with Crippen LogP contribution in [0.4, 0.5) is 5.82 Å². The molecule has 0 atom stereocenters. The molecule has 14 heavy (non-hydrogen) atoms. The molecule has 1 fully saturated rings. The Kier molecular flexibility index (Phi) is 2.43. The number of hydrogen-bond acceptors (Lipinski definition) is 4. The van der Waals surface area contributed by atoms with E-state index in [1.165, 1.54) is 0 Å². The van der Waals surface area contributed by atoms with Gasteiger partial charge in [-0.05, 0) is 25.0 Å². The summed E-state index contributed by atoms with van der Waals surface area (Å²) >= 11 is 0. The molecule has 1 aromatic heterocycles. The Bertz CT molecular complexity index is 351. The van der Waals surface area contributed by atoms with Gasteiger partial charge in [0.05, 0.1) is 12.7 Å². The third kappa shape index (κ3) is 1.89. The average Bonchev–Trinajstić information content (AvgIpc) is 2.18. The number of aromatic nitrogens is 2. The minimum atomic E-state index is 0.291. The lowest BCUT2D eigenvalue weighted by molar-refractivity contribution is -0.118. The summed E-state index contributed by atoms with van der Waals surface area (Å²) in [7, 11) is 0. The van der Waals surface area contributed by atoms with Crippen LogP contribution in [-0.2, 0) is 4.79 Å². The van der Waals surface area contributed by atoms with Crippen molar-refractivity contribution < 1.29 is 4.79 Å². The van der Waals surface area contributed by atoms with Crippen LogP contribution in [-0.4, -0.2) is 29.1 Å². The molecule has 0 saturated carbocycles. The van der Waals surface area contributed by atoms with E-state index in [2.05, 4.69) is 10.2 Å². The number of ketones is 1. The van der Waals surface area contributed by atoms with Gasteiger partial charge in [0.2, 0.25) is 0 Å². The number of nitrogens with zero attached hydrogens (tertiary/aromatic N) is 3. The van der Waals surface area contributed by atoms with E-state index in [1.807, 2.05) is 17.9 Å². The second kappa shape index (κ2) is 3.74. The highest BCUT2D eigenvalue weighted by atomic mass is 16.1. The van der Waals surface area contributed by atoms with Gasteiger partial charge in [-0.2, -0.15) is 5.10 Å². The molecule has 2 rings (SSSR count). The molecule has 1 aliphatic heterocycles. The van der Waals surface area contributed by atoms with Crippen LogP contribution in [0.5, 0.6) is 0 Å². The molecular weight excluding hydrogens is 178 g/mol. The molecule has 0 bridgehead atoms. The molecule has 74 valence electrons. The predicted molar refractivity (Wildman–Crippen MR) is 53.2 cm³/mol. The van der Waals surface area contributed by atoms with Crippen LogP contribution in [0.25, 0.3) is 0 Å². The maximum absolute atomic E-state index is 11.2. The monoisotopic (exact) mass is 191 g/mol. The van der Waals surface area contributed by atoms with Crippen molar-refractivity contribution in [2.45, 2.75) is 19.8 Å². The Hall–Kier alpha value is -1.45. The highest BCUT2D eigenvalue weighted by molar-refractivity contribution is 5.84. The summed E-state index contributed by atoms with van der Waals surface area (Å²) in [5, 5.41) is 7.90. The van der Waals surface area contributed by atoms with Crippen molar-refractivity contribution >= 4 is 11.6 Å². The number of piperidine rings is 1. The van der Waals surface area contributed by atoms with Gasteiger partial charge in [-0.15, -0.1) is 5.10 Å². The maximum Gasteiger partial charge on any atom is 0.152 e. The molecule has 0 aliphatic carbocycles. The fraction of sp³-hybridized carbons (Fsp3) is 0.500. The third-order valence-corrected chi connectivity index (χ3v) is 2.35. The molecule has 1 aliphatic rings. The zero-order valence-electron chi connectivity index (χ0n) is 8.23. The molecule has 1 aromatic rings. The standard InChI is InChI=1S/C10H13N3O/c1-8-5-10(12-11-6-8)13-4-2-3-9(14)7-13/h5-6H,2-4,7H2,1H3. The van der Waals surface area contributed by atoms with Crippen molar-refractivity contribution in [2.75, 3.05) is 18.0 Å². The molecule has 2 heterocycles. The van der Waals surface area contributed by atoms with Gasteiger partial charge in [0.1, 0.15) is 0 Å². The van der Waals surface area contributed by atoms with Crippen LogP contribution in [0.1, 0.15) is 18.4 Å². The first-order valence-corrected chi connectivity index (χ1v) is 4.82. The van der Waals surface area contributed by atoms with E-state index in [1.54, 1.807) is 6.20 Å². The van der Waals surface area contributed by atoms with Crippen LogP contribution in [0.3, 0.4) is 0 Å². The number of Topliss-reactive ketones (excluding diaryl/α,β-unsaturated/α-hetero) is 1. The lowest BCUT2D eigenvalue weighted by Gasteiger charge is -2.26. The highest BCUT2D eigenvalue weighted by Gasteiger charge is 2.17. The van der Waals surface area contributed by atoms with Crippen LogP contribution in [0.2, 0.25) is 0 Å². The van der Waals surface area contributed by atoms with Gasteiger partial charge in [0.15, 0.2) is 11.6 Å². The molecule has 1 saturated heterocycles. The quantitative estimate of drug-likeness (QED) is 0.663. The molecule has 0 aromatic carbocycles. The Labute approximate surface area is 82.9 Å². The summed E-state index contributed by atoms with van der Waals surface area (Å²) in [5.74, 6) is 1.11. The minimum Gasteiger partial charge on any atom is -0.348 e. The first kappa shape index (κ1) is 9.12. The summed E-state index contributed by atoms with van der Waals surface area (Å²) in [6, 6.07) is 1.96. The zero-order valence-corrected chi connectivity index (χ0v) is 8.23. The zero-order chi connectivity index (χ0) is 9.97. The molecular formula is C10H13N3O. The van der Waals surface area contributed by atoms with Crippen LogP contribution < -0.4 is 4.90 Å². The molecule has 0 amide bonds. The molecule has 4 nitrogen and oxygen atoms in total. The summed E-state index contributed by atoms with van der Waals surface area (Å²) in [6.07, 6.45) is 3.35. The minimum absolute atomic E-state index is 0.291. The fourth-order valence-corrected chi connectivity index (χ4v) is 1.64. The Morgan fingerprint density at radius 3 is 3.07 bits per heavy atom. The van der Waals surface area contributed by atoms with E-state index in [9.17, 15) is 4.79 Å². The van der Waals surface area contributed by atoms with Gasteiger partial charge in [0, 0.05) is 13.0 Å². The van der Waals surface area contributed by atoms with E-state index in [0.717, 1.165) is 24.3 Å². The number of aryl methyl sites for hydroxylation is 1. The second-order valence-corrected chi connectivity index (χ2v) is 3.65. The summed E-state index contributed by atoms with van der Waals surface area (Å²) < 4.78 is 0. The largest absolute Gasteiger partial charge is 0.348 e. The van der Waals surface area contributed by atoms with Gasteiger partial charge >= 0.3 is 0 Å². The van der Waals surface area contributed by atoms with Crippen LogP contribution >= 0.6 is 0 Å². The average molecular weight is 191 g/mol. The normalized spacial score (nSPS) is 17.2. The van der Waals surface area contributed by atoms with Crippen molar-refractivity contribution in [3.63, 3.8) is 0 Å². The maximum atomic E-state index is 11.2. The van der Waals surface area contributed by atoms with E-state index in [-0.39, 0.29) is 0 Å². The van der Waals surface area contributed by atoms with Crippen molar-refractivity contribution in [2.24, 2.45) is 0 Å².